The van der Waals surface area contributed by atoms with Gasteiger partial charge in [0, 0.05) is 6.54 Å². The molecular weight excluding hydrogens is 216 g/mol. The first-order valence-electron chi connectivity index (χ1n) is 6.36. The molecular formula is C13H20N2O2. The van der Waals surface area contributed by atoms with Gasteiger partial charge in [-0.05, 0) is 37.9 Å². The molecule has 1 fully saturated rings. The molecule has 1 saturated heterocycles. The first-order chi connectivity index (χ1) is 8.31. The van der Waals surface area contributed by atoms with Crippen molar-refractivity contribution in [3.63, 3.8) is 0 Å². The molecule has 0 bridgehead atoms. The lowest BCUT2D eigenvalue weighted by Gasteiger charge is -2.32. The quantitative estimate of drug-likeness (QED) is 0.847. The number of nitrogens with one attached hydrogen (secondary N) is 1. The summed E-state index contributed by atoms with van der Waals surface area (Å²) in [6, 6.07) is 3.77. The van der Waals surface area contributed by atoms with Crippen LogP contribution >= 0.6 is 0 Å². The highest BCUT2D eigenvalue weighted by Crippen LogP contribution is 2.15. The summed E-state index contributed by atoms with van der Waals surface area (Å²) < 4.78 is 5.29. The minimum Gasteiger partial charge on any atom is -0.467 e. The number of furan rings is 1. The van der Waals surface area contributed by atoms with Crippen LogP contribution < -0.4 is 5.32 Å². The number of amides is 1. The van der Waals surface area contributed by atoms with E-state index in [-0.39, 0.29) is 11.9 Å². The summed E-state index contributed by atoms with van der Waals surface area (Å²) in [6.07, 6.45) is 4.72. The zero-order valence-electron chi connectivity index (χ0n) is 10.3. The molecule has 1 aromatic rings. The fourth-order valence-electron chi connectivity index (χ4n) is 2.20. The second-order valence-electron chi connectivity index (χ2n) is 4.49. The Bertz CT molecular complexity index is 348. The van der Waals surface area contributed by atoms with Gasteiger partial charge in [0.05, 0.1) is 18.8 Å². The molecule has 0 radical (unpaired) electrons. The molecule has 94 valence electrons. The van der Waals surface area contributed by atoms with E-state index in [1.165, 1.54) is 0 Å². The molecule has 0 saturated carbocycles. The van der Waals surface area contributed by atoms with E-state index in [0.29, 0.717) is 6.54 Å². The van der Waals surface area contributed by atoms with Crippen molar-refractivity contribution in [3.8, 4) is 0 Å². The van der Waals surface area contributed by atoms with Crippen LogP contribution in [0.1, 0.15) is 31.9 Å². The lowest BCUT2D eigenvalue weighted by molar-refractivity contribution is -0.136. The number of hydrogen-bond acceptors (Lipinski definition) is 3. The zero-order chi connectivity index (χ0) is 12.1. The van der Waals surface area contributed by atoms with Crippen LogP contribution in [0.15, 0.2) is 22.8 Å². The topological polar surface area (TPSA) is 45.5 Å². The fraction of sp³-hybridized carbons (Fsp3) is 0.615. The van der Waals surface area contributed by atoms with Crippen LogP contribution in [0.4, 0.5) is 0 Å². The molecule has 1 aliphatic heterocycles. The van der Waals surface area contributed by atoms with E-state index in [1.807, 2.05) is 17.0 Å². The maximum atomic E-state index is 12.2. The van der Waals surface area contributed by atoms with Gasteiger partial charge in [0.1, 0.15) is 5.76 Å². The summed E-state index contributed by atoms with van der Waals surface area (Å²) in [5.74, 6) is 1.07. The normalized spacial score (nSPS) is 20.9. The second-order valence-corrected chi connectivity index (χ2v) is 4.49. The van der Waals surface area contributed by atoms with Gasteiger partial charge in [-0.25, -0.2) is 0 Å². The summed E-state index contributed by atoms with van der Waals surface area (Å²) in [5, 5.41) is 3.31. The van der Waals surface area contributed by atoms with Gasteiger partial charge in [0.2, 0.25) is 5.91 Å². The van der Waals surface area contributed by atoms with Gasteiger partial charge in [-0.15, -0.1) is 0 Å². The van der Waals surface area contributed by atoms with Crippen molar-refractivity contribution in [1.29, 1.82) is 0 Å². The molecule has 1 aliphatic rings. The van der Waals surface area contributed by atoms with Crippen LogP contribution in [-0.4, -0.2) is 29.9 Å². The lowest BCUT2D eigenvalue weighted by atomic mass is 10.0. The number of piperidine rings is 1. The van der Waals surface area contributed by atoms with E-state index >= 15 is 0 Å². The Labute approximate surface area is 102 Å². The largest absolute Gasteiger partial charge is 0.467 e. The van der Waals surface area contributed by atoms with Gasteiger partial charge in [-0.2, -0.15) is 0 Å². The molecule has 0 spiro atoms. The van der Waals surface area contributed by atoms with Crippen molar-refractivity contribution in [3.05, 3.63) is 24.2 Å². The highest BCUT2D eigenvalue weighted by molar-refractivity contribution is 5.82. The third-order valence-electron chi connectivity index (χ3n) is 3.10. The van der Waals surface area contributed by atoms with Crippen LogP contribution in [0, 0.1) is 0 Å². The predicted molar refractivity (Wildman–Crippen MR) is 65.4 cm³/mol. The minimum absolute atomic E-state index is 0.00124. The van der Waals surface area contributed by atoms with E-state index in [9.17, 15) is 4.79 Å². The van der Waals surface area contributed by atoms with Gasteiger partial charge in [-0.1, -0.05) is 6.92 Å². The number of likely N-dealkylation sites (tertiary alicyclic amines) is 1. The molecule has 17 heavy (non-hydrogen) atoms. The Morgan fingerprint density at radius 2 is 2.47 bits per heavy atom. The highest BCUT2D eigenvalue weighted by atomic mass is 16.3. The average molecular weight is 236 g/mol. The highest BCUT2D eigenvalue weighted by Gasteiger charge is 2.28. The van der Waals surface area contributed by atoms with Gasteiger partial charge in [0.15, 0.2) is 0 Å². The number of carbonyl (C=O) groups is 1. The fourth-order valence-corrected chi connectivity index (χ4v) is 2.20. The Kier molecular flexibility index (Phi) is 4.20. The number of rotatable bonds is 5. The lowest BCUT2D eigenvalue weighted by Crippen LogP contribution is -2.50. The molecule has 1 N–H and O–H groups in total. The van der Waals surface area contributed by atoms with E-state index in [1.54, 1.807) is 6.26 Å². The molecule has 1 amide bonds. The van der Waals surface area contributed by atoms with Crippen molar-refractivity contribution in [1.82, 2.24) is 10.2 Å². The summed E-state index contributed by atoms with van der Waals surface area (Å²) in [5.41, 5.74) is 0. The SMILES string of the molecule is CCCNC1CCCN(Cc2ccco2)C1=O. The van der Waals surface area contributed by atoms with Crippen LogP contribution in [0.25, 0.3) is 0 Å². The van der Waals surface area contributed by atoms with Crippen LogP contribution in [-0.2, 0) is 11.3 Å². The summed E-state index contributed by atoms with van der Waals surface area (Å²) >= 11 is 0. The van der Waals surface area contributed by atoms with Crippen LogP contribution in [0.5, 0.6) is 0 Å². The van der Waals surface area contributed by atoms with Crippen molar-refractivity contribution < 1.29 is 9.21 Å². The molecule has 1 atom stereocenters. The predicted octanol–water partition coefficient (Wildman–Crippen LogP) is 1.77. The molecule has 0 aliphatic carbocycles. The Hall–Kier alpha value is -1.29. The standard InChI is InChI=1S/C13H20N2O2/c1-2-7-14-12-6-3-8-15(13(12)16)10-11-5-4-9-17-11/h4-5,9,12,14H,2-3,6-8,10H2,1H3. The van der Waals surface area contributed by atoms with Crippen molar-refractivity contribution in [2.45, 2.75) is 38.8 Å². The molecule has 1 unspecified atom stereocenters. The maximum Gasteiger partial charge on any atom is 0.240 e. The number of hydrogen-bond donors (Lipinski definition) is 1. The number of carbonyl (C=O) groups excluding carboxylic acids is 1. The third kappa shape index (κ3) is 3.09. The van der Waals surface area contributed by atoms with E-state index < -0.39 is 0 Å². The van der Waals surface area contributed by atoms with Crippen molar-refractivity contribution in [2.75, 3.05) is 13.1 Å². The van der Waals surface area contributed by atoms with E-state index in [0.717, 1.165) is 38.1 Å². The molecule has 1 aromatic heterocycles. The first-order valence-corrected chi connectivity index (χ1v) is 6.36. The monoisotopic (exact) mass is 236 g/mol. The van der Waals surface area contributed by atoms with E-state index in [2.05, 4.69) is 12.2 Å². The molecule has 2 rings (SSSR count). The van der Waals surface area contributed by atoms with E-state index in [4.69, 9.17) is 4.42 Å². The van der Waals surface area contributed by atoms with Gasteiger partial charge in [0.25, 0.3) is 0 Å². The summed E-state index contributed by atoms with van der Waals surface area (Å²) in [7, 11) is 0. The zero-order valence-corrected chi connectivity index (χ0v) is 10.3. The van der Waals surface area contributed by atoms with Crippen molar-refractivity contribution in [2.24, 2.45) is 0 Å². The Balaban J connectivity index is 1.91. The van der Waals surface area contributed by atoms with Gasteiger partial charge >= 0.3 is 0 Å². The average Bonchev–Trinajstić information content (AvgIpc) is 2.83. The smallest absolute Gasteiger partial charge is 0.240 e. The Morgan fingerprint density at radius 1 is 1.59 bits per heavy atom. The molecule has 4 nitrogen and oxygen atoms in total. The molecule has 0 aromatic carbocycles. The van der Waals surface area contributed by atoms with Crippen LogP contribution in [0.3, 0.4) is 0 Å². The van der Waals surface area contributed by atoms with Gasteiger partial charge < -0.3 is 14.6 Å². The molecule has 2 heterocycles. The van der Waals surface area contributed by atoms with Crippen molar-refractivity contribution >= 4 is 5.91 Å². The number of nitrogens with zero attached hydrogens (tertiary/aromatic N) is 1. The Morgan fingerprint density at radius 3 is 3.18 bits per heavy atom. The summed E-state index contributed by atoms with van der Waals surface area (Å²) in [4.78, 5) is 14.1. The maximum absolute atomic E-state index is 12.2. The van der Waals surface area contributed by atoms with Crippen LogP contribution in [0.2, 0.25) is 0 Å². The second kappa shape index (κ2) is 5.87. The minimum atomic E-state index is -0.00124. The third-order valence-corrected chi connectivity index (χ3v) is 3.10. The molecule has 4 heteroatoms. The first kappa shape index (κ1) is 12.2. The van der Waals surface area contributed by atoms with Gasteiger partial charge in [-0.3, -0.25) is 4.79 Å². The summed E-state index contributed by atoms with van der Waals surface area (Å²) in [6.45, 7) is 4.45.